The molecule has 31 heavy (non-hydrogen) atoms. The molecule has 0 aromatic heterocycles. The van der Waals surface area contributed by atoms with Gasteiger partial charge in [0.15, 0.2) is 11.6 Å². The number of nitrogens with zero attached hydrogens (tertiary/aromatic N) is 1. The van der Waals surface area contributed by atoms with Crippen molar-refractivity contribution in [3.05, 3.63) is 52.4 Å². The fourth-order valence-corrected chi connectivity index (χ4v) is 4.90. The Morgan fingerprint density at radius 2 is 1.61 bits per heavy atom. The Bertz CT molecular complexity index is 981. The topological polar surface area (TPSA) is 86.7 Å². The molecule has 3 aliphatic rings. The maximum absolute atomic E-state index is 13.1. The van der Waals surface area contributed by atoms with Crippen LogP contribution in [0.5, 0.6) is 5.75 Å². The molecular weight excluding hydrogens is 394 g/mol. The first-order chi connectivity index (χ1) is 15.0. The third-order valence-corrected chi connectivity index (χ3v) is 6.16. The van der Waals surface area contributed by atoms with E-state index in [1.165, 1.54) is 0 Å². The van der Waals surface area contributed by atoms with Crippen molar-refractivity contribution in [1.82, 2.24) is 4.90 Å². The number of carbonyl (C=O) groups is 3. The molecule has 1 heterocycles. The predicted octanol–water partition coefficient (Wildman–Crippen LogP) is 2.25. The fourth-order valence-electron chi connectivity index (χ4n) is 4.90. The van der Waals surface area contributed by atoms with Gasteiger partial charge in [-0.15, -0.1) is 6.42 Å². The van der Waals surface area contributed by atoms with Gasteiger partial charge in [-0.1, -0.05) is 18.1 Å². The third kappa shape index (κ3) is 4.00. The predicted molar refractivity (Wildman–Crippen MR) is 112 cm³/mol. The molecule has 6 heteroatoms. The summed E-state index contributed by atoms with van der Waals surface area (Å²) < 4.78 is 5.46. The molecule has 2 aliphatic carbocycles. The largest absolute Gasteiger partial charge is 0.550 e. The van der Waals surface area contributed by atoms with E-state index in [-0.39, 0.29) is 31.1 Å². The van der Waals surface area contributed by atoms with Crippen LogP contribution in [0.25, 0.3) is 0 Å². The first-order valence-corrected chi connectivity index (χ1v) is 10.7. The number of aliphatic carboxylic acids is 1. The summed E-state index contributed by atoms with van der Waals surface area (Å²) in [5.41, 5.74) is 3.86. The minimum Gasteiger partial charge on any atom is -0.550 e. The Kier molecular flexibility index (Phi) is 5.94. The normalized spacial score (nSPS) is 19.1. The van der Waals surface area contributed by atoms with Gasteiger partial charge < -0.3 is 19.5 Å². The minimum atomic E-state index is -1.14. The van der Waals surface area contributed by atoms with Crippen LogP contribution in [0.2, 0.25) is 0 Å². The zero-order valence-electron chi connectivity index (χ0n) is 17.3. The summed E-state index contributed by atoms with van der Waals surface area (Å²) in [7, 11) is 0. The smallest absolute Gasteiger partial charge is 0.161 e. The zero-order valence-corrected chi connectivity index (χ0v) is 17.3. The highest BCUT2D eigenvalue weighted by Crippen LogP contribution is 2.49. The second-order valence-corrected chi connectivity index (χ2v) is 8.04. The summed E-state index contributed by atoms with van der Waals surface area (Å²) in [4.78, 5) is 39.3. The van der Waals surface area contributed by atoms with Gasteiger partial charge in [0.05, 0.1) is 0 Å². The van der Waals surface area contributed by atoms with Gasteiger partial charge in [-0.2, -0.15) is 0 Å². The number of Topliss-reactive ketones (excluding diaryl/α,β-unsaturated/α-hetero) is 2. The van der Waals surface area contributed by atoms with Crippen molar-refractivity contribution in [2.45, 2.75) is 50.9 Å². The van der Waals surface area contributed by atoms with E-state index in [1.54, 1.807) is 12.1 Å². The van der Waals surface area contributed by atoms with Crippen LogP contribution in [0, 0.1) is 12.3 Å². The quantitative estimate of drug-likeness (QED) is 0.659. The number of ketones is 2. The van der Waals surface area contributed by atoms with Crippen molar-refractivity contribution in [1.29, 1.82) is 0 Å². The lowest BCUT2D eigenvalue weighted by molar-refractivity contribution is -0.305. The third-order valence-electron chi connectivity index (χ3n) is 6.16. The number of carbonyl (C=O) groups excluding carboxylic acids is 3. The molecule has 0 bridgehead atoms. The number of benzene rings is 1. The molecule has 160 valence electrons. The SMILES string of the molecule is C#CCOc1ccc(C2C3=C(CCCC3=O)N(CCC(=O)[O-])C3=C2C(=O)CCC3)cc1. The number of hydrogen-bond donors (Lipinski definition) is 0. The van der Waals surface area contributed by atoms with Crippen LogP contribution in [-0.4, -0.2) is 35.6 Å². The van der Waals surface area contributed by atoms with Gasteiger partial charge in [-0.3, -0.25) is 9.59 Å². The molecule has 1 aliphatic heterocycles. The molecule has 0 amide bonds. The van der Waals surface area contributed by atoms with Crippen LogP contribution in [-0.2, 0) is 14.4 Å². The van der Waals surface area contributed by atoms with Crippen molar-refractivity contribution >= 4 is 17.5 Å². The van der Waals surface area contributed by atoms with Crippen molar-refractivity contribution in [2.75, 3.05) is 13.2 Å². The second kappa shape index (κ2) is 8.81. The molecule has 0 radical (unpaired) electrons. The van der Waals surface area contributed by atoms with Crippen LogP contribution in [0.15, 0.2) is 46.8 Å². The van der Waals surface area contributed by atoms with Crippen molar-refractivity contribution in [2.24, 2.45) is 0 Å². The maximum Gasteiger partial charge on any atom is 0.161 e. The lowest BCUT2D eigenvalue weighted by Crippen LogP contribution is -2.40. The van der Waals surface area contributed by atoms with Gasteiger partial charge in [-0.05, 0) is 43.4 Å². The van der Waals surface area contributed by atoms with E-state index in [1.807, 2.05) is 17.0 Å². The Labute approximate surface area is 181 Å². The summed E-state index contributed by atoms with van der Waals surface area (Å²) in [5.74, 6) is 1.55. The lowest BCUT2D eigenvalue weighted by Gasteiger charge is -2.44. The van der Waals surface area contributed by atoms with Gasteiger partial charge in [0.1, 0.15) is 12.4 Å². The summed E-state index contributed by atoms with van der Waals surface area (Å²) in [6.07, 6.45) is 8.80. The molecule has 6 nitrogen and oxygen atoms in total. The molecular formula is C25H24NO5-. The average molecular weight is 418 g/mol. The number of carboxylic acids is 1. The van der Waals surface area contributed by atoms with Gasteiger partial charge in [0.2, 0.25) is 0 Å². The van der Waals surface area contributed by atoms with E-state index >= 15 is 0 Å². The van der Waals surface area contributed by atoms with Gasteiger partial charge >= 0.3 is 0 Å². The number of rotatable bonds is 6. The van der Waals surface area contributed by atoms with Crippen molar-refractivity contribution < 1.29 is 24.2 Å². The standard InChI is InChI=1S/C25H25NO5/c1-2-15-31-17-11-9-16(10-12-17)23-24-18(5-3-7-20(24)27)26(14-13-22(29)30)19-6-4-8-21(28)25(19)23/h1,9-12,23H,3-8,13-15H2,(H,29,30)/p-1. The number of carboxylic acid groups (broad SMARTS) is 1. The van der Waals surface area contributed by atoms with Gasteiger partial charge in [0, 0.05) is 60.2 Å². The average Bonchev–Trinajstić information content (AvgIpc) is 2.76. The van der Waals surface area contributed by atoms with Crippen LogP contribution < -0.4 is 9.84 Å². The molecule has 1 aromatic rings. The Hall–Kier alpha value is -3.33. The van der Waals surface area contributed by atoms with Gasteiger partial charge in [0.25, 0.3) is 0 Å². The second-order valence-electron chi connectivity index (χ2n) is 8.04. The number of terminal acetylenes is 1. The molecule has 1 aromatic carbocycles. The Morgan fingerprint density at radius 3 is 2.13 bits per heavy atom. The molecule has 0 saturated heterocycles. The number of hydrogen-bond acceptors (Lipinski definition) is 6. The minimum absolute atomic E-state index is 0.0299. The van der Waals surface area contributed by atoms with E-state index in [0.717, 1.165) is 29.8 Å². The van der Waals surface area contributed by atoms with Crippen LogP contribution in [0.3, 0.4) is 0 Å². The van der Waals surface area contributed by atoms with E-state index in [2.05, 4.69) is 5.92 Å². The van der Waals surface area contributed by atoms with E-state index in [4.69, 9.17) is 11.2 Å². The molecule has 0 spiro atoms. The van der Waals surface area contributed by atoms with Crippen molar-refractivity contribution in [3.8, 4) is 18.1 Å². The summed E-state index contributed by atoms with van der Waals surface area (Å²) in [6, 6.07) is 7.37. The van der Waals surface area contributed by atoms with E-state index in [0.29, 0.717) is 42.6 Å². The Balaban J connectivity index is 1.82. The highest BCUT2D eigenvalue weighted by molar-refractivity contribution is 6.06. The van der Waals surface area contributed by atoms with Crippen LogP contribution in [0.4, 0.5) is 0 Å². The van der Waals surface area contributed by atoms with E-state index in [9.17, 15) is 19.5 Å². The highest BCUT2D eigenvalue weighted by Gasteiger charge is 2.43. The summed E-state index contributed by atoms with van der Waals surface area (Å²) in [5, 5.41) is 11.2. The molecule has 0 saturated carbocycles. The molecule has 0 fully saturated rings. The summed E-state index contributed by atoms with van der Waals surface area (Å²) >= 11 is 0. The lowest BCUT2D eigenvalue weighted by atomic mass is 9.71. The molecule has 0 unspecified atom stereocenters. The number of allylic oxidation sites excluding steroid dienone is 4. The number of ether oxygens (including phenoxy) is 1. The van der Waals surface area contributed by atoms with Crippen molar-refractivity contribution in [3.63, 3.8) is 0 Å². The highest BCUT2D eigenvalue weighted by atomic mass is 16.5. The first kappa shape index (κ1) is 20.9. The fraction of sp³-hybridized carbons (Fsp3) is 0.400. The van der Waals surface area contributed by atoms with Crippen LogP contribution >= 0.6 is 0 Å². The van der Waals surface area contributed by atoms with Gasteiger partial charge in [-0.25, -0.2) is 0 Å². The maximum atomic E-state index is 13.1. The first-order valence-electron chi connectivity index (χ1n) is 10.7. The van der Waals surface area contributed by atoms with E-state index < -0.39 is 11.9 Å². The molecule has 0 N–H and O–H groups in total. The monoisotopic (exact) mass is 418 g/mol. The molecule has 0 atom stereocenters. The Morgan fingerprint density at radius 1 is 1.03 bits per heavy atom. The van der Waals surface area contributed by atoms with Crippen LogP contribution in [0.1, 0.15) is 56.4 Å². The zero-order chi connectivity index (χ0) is 22.0. The molecule has 4 rings (SSSR count). The summed E-state index contributed by atoms with van der Waals surface area (Å²) in [6.45, 7) is 0.379.